The van der Waals surface area contributed by atoms with E-state index in [9.17, 15) is 18.0 Å². The van der Waals surface area contributed by atoms with Crippen LogP contribution in [-0.2, 0) is 17.4 Å². The van der Waals surface area contributed by atoms with Crippen LogP contribution in [0.25, 0.3) is 5.78 Å². The van der Waals surface area contributed by atoms with Crippen LogP contribution in [0.5, 0.6) is 5.75 Å². The van der Waals surface area contributed by atoms with Crippen LogP contribution in [0.3, 0.4) is 0 Å². The average Bonchev–Trinajstić information content (AvgIpc) is 3.08. The van der Waals surface area contributed by atoms with Crippen molar-refractivity contribution in [2.45, 2.75) is 26.4 Å². The molecule has 3 aromatic rings. The Labute approximate surface area is 168 Å². The lowest BCUT2D eigenvalue weighted by Gasteiger charge is -2.11. The zero-order chi connectivity index (χ0) is 21.2. The molecule has 0 unspecified atom stereocenters. The monoisotopic (exact) mass is 427 g/mol. The summed E-state index contributed by atoms with van der Waals surface area (Å²) in [6.07, 6.45) is -4.72. The SMILES string of the molecule is Cc1nc2nc(C(F)(F)F)nn2c(C)c1CC(=O)NCCOc1ccc(Cl)cc1. The largest absolute Gasteiger partial charge is 0.492 e. The molecule has 0 aliphatic carbocycles. The first-order valence-electron chi connectivity index (χ1n) is 8.60. The molecule has 3 rings (SSSR count). The van der Waals surface area contributed by atoms with E-state index in [0.29, 0.717) is 27.7 Å². The third kappa shape index (κ3) is 4.94. The second-order valence-corrected chi connectivity index (χ2v) is 6.67. The molecule has 1 N–H and O–H groups in total. The summed E-state index contributed by atoms with van der Waals surface area (Å²) in [5, 5.41) is 6.76. The summed E-state index contributed by atoms with van der Waals surface area (Å²) in [7, 11) is 0. The van der Waals surface area contributed by atoms with Gasteiger partial charge in [-0.3, -0.25) is 4.79 Å². The molecule has 11 heteroatoms. The number of nitrogens with one attached hydrogen (secondary N) is 1. The zero-order valence-corrected chi connectivity index (χ0v) is 16.3. The van der Waals surface area contributed by atoms with Gasteiger partial charge < -0.3 is 10.1 Å². The van der Waals surface area contributed by atoms with Gasteiger partial charge in [-0.25, -0.2) is 9.50 Å². The molecule has 2 heterocycles. The van der Waals surface area contributed by atoms with Gasteiger partial charge in [-0.2, -0.15) is 18.2 Å². The van der Waals surface area contributed by atoms with E-state index >= 15 is 0 Å². The molecular formula is C18H17ClF3N5O2. The number of aromatic nitrogens is 4. The van der Waals surface area contributed by atoms with Crippen molar-refractivity contribution in [2.75, 3.05) is 13.2 Å². The average molecular weight is 428 g/mol. The van der Waals surface area contributed by atoms with Crippen LogP contribution >= 0.6 is 11.6 Å². The van der Waals surface area contributed by atoms with Gasteiger partial charge in [0.15, 0.2) is 0 Å². The molecule has 0 atom stereocenters. The number of hydrogen-bond acceptors (Lipinski definition) is 5. The molecule has 0 bridgehead atoms. The highest BCUT2D eigenvalue weighted by Crippen LogP contribution is 2.27. The molecule has 1 aromatic carbocycles. The van der Waals surface area contributed by atoms with E-state index in [-0.39, 0.29) is 31.3 Å². The van der Waals surface area contributed by atoms with Crippen LogP contribution < -0.4 is 10.1 Å². The van der Waals surface area contributed by atoms with Crippen molar-refractivity contribution in [1.29, 1.82) is 0 Å². The molecule has 7 nitrogen and oxygen atoms in total. The normalized spacial score (nSPS) is 11.7. The van der Waals surface area contributed by atoms with Gasteiger partial charge in [0.25, 0.3) is 11.6 Å². The highest BCUT2D eigenvalue weighted by atomic mass is 35.5. The quantitative estimate of drug-likeness (QED) is 0.611. The summed E-state index contributed by atoms with van der Waals surface area (Å²) in [5.74, 6) is -1.12. The van der Waals surface area contributed by atoms with Crippen molar-refractivity contribution < 1.29 is 22.7 Å². The van der Waals surface area contributed by atoms with E-state index in [0.717, 1.165) is 4.52 Å². The number of nitrogens with zero attached hydrogens (tertiary/aromatic N) is 4. The Balaban J connectivity index is 1.62. The molecular weight excluding hydrogens is 411 g/mol. The number of ether oxygens (including phenoxy) is 1. The fourth-order valence-electron chi connectivity index (χ4n) is 2.70. The van der Waals surface area contributed by atoms with Gasteiger partial charge in [-0.05, 0) is 38.1 Å². The standard InChI is InChI=1S/C18H17ClF3N5O2/c1-10-14(11(2)27-17(24-10)25-16(26-27)18(20,21)22)9-15(28)23-7-8-29-13-5-3-12(19)4-6-13/h3-6H,7-9H2,1-2H3,(H,23,28). The van der Waals surface area contributed by atoms with E-state index in [1.54, 1.807) is 38.1 Å². The van der Waals surface area contributed by atoms with Gasteiger partial charge in [0.1, 0.15) is 12.4 Å². The van der Waals surface area contributed by atoms with Crippen LogP contribution in [0.4, 0.5) is 13.2 Å². The summed E-state index contributed by atoms with van der Waals surface area (Å²) in [5.41, 5.74) is 1.29. The Hall–Kier alpha value is -2.88. The predicted octanol–water partition coefficient (Wildman–Crippen LogP) is 3.15. The Kier molecular flexibility index (Phi) is 5.92. The van der Waals surface area contributed by atoms with E-state index in [4.69, 9.17) is 16.3 Å². The molecule has 0 spiro atoms. The minimum Gasteiger partial charge on any atom is -0.492 e. The summed E-state index contributed by atoms with van der Waals surface area (Å²) in [4.78, 5) is 19.7. The second-order valence-electron chi connectivity index (χ2n) is 6.24. The van der Waals surface area contributed by atoms with Gasteiger partial charge in [-0.1, -0.05) is 11.6 Å². The van der Waals surface area contributed by atoms with Gasteiger partial charge in [-0.15, -0.1) is 5.10 Å². The third-order valence-electron chi connectivity index (χ3n) is 4.15. The summed E-state index contributed by atoms with van der Waals surface area (Å²) in [6.45, 7) is 3.70. The molecule has 0 fully saturated rings. The number of aryl methyl sites for hydroxylation is 2. The molecule has 29 heavy (non-hydrogen) atoms. The van der Waals surface area contributed by atoms with Crippen LogP contribution in [0.2, 0.25) is 5.02 Å². The molecule has 1 amide bonds. The maximum Gasteiger partial charge on any atom is 0.453 e. The highest BCUT2D eigenvalue weighted by molar-refractivity contribution is 6.30. The van der Waals surface area contributed by atoms with Gasteiger partial charge in [0.05, 0.1) is 13.0 Å². The summed E-state index contributed by atoms with van der Waals surface area (Å²) in [6, 6.07) is 6.81. The maximum absolute atomic E-state index is 12.8. The number of amides is 1. The van der Waals surface area contributed by atoms with Crippen molar-refractivity contribution in [1.82, 2.24) is 24.9 Å². The van der Waals surface area contributed by atoms with Crippen molar-refractivity contribution >= 4 is 23.3 Å². The number of benzene rings is 1. The molecule has 0 aliphatic rings. The fourth-order valence-corrected chi connectivity index (χ4v) is 2.82. The van der Waals surface area contributed by atoms with Gasteiger partial charge in [0, 0.05) is 22.0 Å². The molecule has 0 radical (unpaired) electrons. The number of alkyl halides is 3. The van der Waals surface area contributed by atoms with Gasteiger partial charge in [0.2, 0.25) is 5.91 Å². The fraction of sp³-hybridized carbons (Fsp3) is 0.333. The van der Waals surface area contributed by atoms with Gasteiger partial charge >= 0.3 is 6.18 Å². The minimum atomic E-state index is -4.67. The Morgan fingerprint density at radius 2 is 1.90 bits per heavy atom. The third-order valence-corrected chi connectivity index (χ3v) is 4.40. The number of rotatable bonds is 6. The number of halogens is 4. The van der Waals surface area contributed by atoms with E-state index in [2.05, 4.69) is 20.4 Å². The first-order valence-corrected chi connectivity index (χ1v) is 8.98. The first-order chi connectivity index (χ1) is 13.6. The Bertz CT molecular complexity index is 1030. The lowest BCUT2D eigenvalue weighted by molar-refractivity contribution is -0.144. The molecule has 0 saturated carbocycles. The van der Waals surface area contributed by atoms with E-state index < -0.39 is 12.0 Å². The molecule has 154 valence electrons. The van der Waals surface area contributed by atoms with Crippen molar-refractivity contribution in [2.24, 2.45) is 0 Å². The van der Waals surface area contributed by atoms with Crippen LogP contribution in [0, 0.1) is 13.8 Å². The molecule has 0 saturated heterocycles. The second kappa shape index (κ2) is 8.24. The summed E-state index contributed by atoms with van der Waals surface area (Å²) < 4.78 is 45.0. The van der Waals surface area contributed by atoms with Crippen molar-refractivity contribution in [3.05, 3.63) is 52.1 Å². The Morgan fingerprint density at radius 3 is 2.55 bits per heavy atom. The maximum atomic E-state index is 12.8. The number of hydrogen-bond donors (Lipinski definition) is 1. The lowest BCUT2D eigenvalue weighted by Crippen LogP contribution is -2.30. The number of carbonyl (C=O) groups is 1. The lowest BCUT2D eigenvalue weighted by atomic mass is 10.1. The molecule has 0 aliphatic heterocycles. The predicted molar refractivity (Wildman–Crippen MR) is 98.9 cm³/mol. The van der Waals surface area contributed by atoms with Crippen molar-refractivity contribution in [3.8, 4) is 5.75 Å². The summed E-state index contributed by atoms with van der Waals surface area (Å²) >= 11 is 5.79. The molecule has 2 aromatic heterocycles. The Morgan fingerprint density at radius 1 is 1.21 bits per heavy atom. The smallest absolute Gasteiger partial charge is 0.453 e. The minimum absolute atomic E-state index is 0.0528. The highest BCUT2D eigenvalue weighted by Gasteiger charge is 2.37. The van der Waals surface area contributed by atoms with E-state index in [1.165, 1.54) is 0 Å². The van der Waals surface area contributed by atoms with E-state index in [1.807, 2.05) is 0 Å². The van der Waals surface area contributed by atoms with Crippen LogP contribution in [0.1, 0.15) is 22.8 Å². The zero-order valence-electron chi connectivity index (χ0n) is 15.5. The first kappa shape index (κ1) is 20.8. The van der Waals surface area contributed by atoms with Crippen LogP contribution in [0.15, 0.2) is 24.3 Å². The number of fused-ring (bicyclic) bond motifs is 1. The van der Waals surface area contributed by atoms with Crippen LogP contribution in [-0.4, -0.2) is 38.6 Å². The number of carbonyl (C=O) groups excluding carboxylic acids is 1. The topological polar surface area (TPSA) is 81.4 Å². The van der Waals surface area contributed by atoms with Crippen molar-refractivity contribution in [3.63, 3.8) is 0 Å².